The average molecular weight is 173 g/mol. The summed E-state index contributed by atoms with van der Waals surface area (Å²) in [5.74, 6) is -0.695. The molecular weight excluding hydrogens is 162 g/mol. The van der Waals surface area contributed by atoms with Gasteiger partial charge in [-0.3, -0.25) is 4.89 Å². The van der Waals surface area contributed by atoms with Crippen LogP contribution >= 0.6 is 0 Å². The fourth-order valence-corrected chi connectivity index (χ4v) is 0.513. The molecule has 5 heteroatoms. The molecule has 0 aromatic rings. The van der Waals surface area contributed by atoms with Crippen LogP contribution in [0.25, 0.3) is 0 Å². The normalized spacial score (nSPS) is 11.8. The predicted molar refractivity (Wildman–Crippen MR) is 38.2 cm³/mol. The van der Waals surface area contributed by atoms with Crippen LogP contribution in [0.5, 0.6) is 0 Å². The van der Waals surface area contributed by atoms with Crippen LogP contribution in [0.1, 0.15) is 19.8 Å². The van der Waals surface area contributed by atoms with E-state index in [0.29, 0.717) is 6.42 Å². The maximum atomic E-state index is 10.7. The average Bonchev–Trinajstić information content (AvgIpc) is 2.10. The molecule has 0 N–H and O–H groups in total. The molecule has 0 aliphatic carbocycles. The number of nitrogens with zero attached hydrogens (tertiary/aromatic N) is 1. The highest BCUT2D eigenvalue weighted by Crippen LogP contribution is 2.04. The van der Waals surface area contributed by atoms with Gasteiger partial charge in [-0.15, -0.1) is 0 Å². The molecule has 0 spiro atoms. The molecule has 0 rings (SSSR count). The van der Waals surface area contributed by atoms with Gasteiger partial charge in [0.05, 0.1) is 19.6 Å². The molecule has 0 aromatic carbocycles. The largest absolute Gasteiger partial charge is 0.345 e. The SMILES string of the molecule is COOOC(=O)CCC(C)C#N. The first-order valence-corrected chi connectivity index (χ1v) is 3.50. The maximum Gasteiger partial charge on any atom is 0.345 e. The number of carbonyl (C=O) groups is 1. The first-order valence-electron chi connectivity index (χ1n) is 3.50. The Hall–Kier alpha value is -1.12. The molecular formula is C7H11NO4. The van der Waals surface area contributed by atoms with Gasteiger partial charge in [-0.2, -0.15) is 10.1 Å². The lowest BCUT2D eigenvalue weighted by molar-refractivity contribution is -0.475. The van der Waals surface area contributed by atoms with E-state index in [4.69, 9.17) is 5.26 Å². The molecule has 0 bridgehead atoms. The molecule has 0 aromatic heterocycles. The highest BCUT2D eigenvalue weighted by molar-refractivity contribution is 5.68. The van der Waals surface area contributed by atoms with E-state index in [0.717, 1.165) is 0 Å². The number of hydrogen-bond donors (Lipinski definition) is 0. The maximum absolute atomic E-state index is 10.7. The summed E-state index contributed by atoms with van der Waals surface area (Å²) in [7, 11) is 1.23. The van der Waals surface area contributed by atoms with Crippen LogP contribution < -0.4 is 0 Å². The summed E-state index contributed by atoms with van der Waals surface area (Å²) < 4.78 is 0. The molecule has 68 valence electrons. The Labute approximate surface area is 70.7 Å². The second kappa shape index (κ2) is 6.58. The number of nitriles is 1. The molecule has 1 unspecified atom stereocenters. The van der Waals surface area contributed by atoms with Crippen molar-refractivity contribution in [2.75, 3.05) is 7.11 Å². The highest BCUT2D eigenvalue weighted by atomic mass is 17.5. The van der Waals surface area contributed by atoms with Gasteiger partial charge < -0.3 is 0 Å². The minimum atomic E-state index is -0.543. The summed E-state index contributed by atoms with van der Waals surface area (Å²) in [5, 5.41) is 12.3. The van der Waals surface area contributed by atoms with E-state index in [1.54, 1.807) is 6.92 Å². The van der Waals surface area contributed by atoms with E-state index >= 15 is 0 Å². The third-order valence-electron chi connectivity index (χ3n) is 1.20. The number of carbonyl (C=O) groups excluding carboxylic acids is 1. The summed E-state index contributed by atoms with van der Waals surface area (Å²) in [4.78, 5) is 18.8. The Morgan fingerprint density at radius 2 is 2.33 bits per heavy atom. The van der Waals surface area contributed by atoms with Crippen LogP contribution in [0.3, 0.4) is 0 Å². The van der Waals surface area contributed by atoms with Gasteiger partial charge in [0.15, 0.2) is 0 Å². The Balaban J connectivity index is 3.39. The van der Waals surface area contributed by atoms with Crippen molar-refractivity contribution in [3.05, 3.63) is 0 Å². The van der Waals surface area contributed by atoms with Crippen molar-refractivity contribution >= 4 is 5.97 Å². The van der Waals surface area contributed by atoms with Crippen molar-refractivity contribution in [1.82, 2.24) is 0 Å². The van der Waals surface area contributed by atoms with Crippen molar-refractivity contribution < 1.29 is 19.6 Å². The Morgan fingerprint density at radius 3 is 2.83 bits per heavy atom. The smallest absolute Gasteiger partial charge is 0.269 e. The van der Waals surface area contributed by atoms with Gasteiger partial charge in [-0.05, 0) is 18.4 Å². The molecule has 0 aliphatic rings. The van der Waals surface area contributed by atoms with Gasteiger partial charge in [-0.1, -0.05) is 0 Å². The molecule has 0 saturated heterocycles. The monoisotopic (exact) mass is 173 g/mol. The van der Waals surface area contributed by atoms with Gasteiger partial charge in [0.2, 0.25) is 0 Å². The van der Waals surface area contributed by atoms with Crippen molar-refractivity contribution in [2.24, 2.45) is 5.92 Å². The van der Waals surface area contributed by atoms with Crippen molar-refractivity contribution in [3.8, 4) is 6.07 Å². The van der Waals surface area contributed by atoms with E-state index in [-0.39, 0.29) is 12.3 Å². The van der Waals surface area contributed by atoms with Gasteiger partial charge in [-0.25, -0.2) is 4.79 Å². The van der Waals surface area contributed by atoms with Gasteiger partial charge >= 0.3 is 5.97 Å². The lowest BCUT2D eigenvalue weighted by Crippen LogP contribution is -2.06. The topological polar surface area (TPSA) is 68.6 Å². The lowest BCUT2D eigenvalue weighted by Gasteiger charge is -2.00. The third kappa shape index (κ3) is 5.65. The summed E-state index contributed by atoms with van der Waals surface area (Å²) in [6.45, 7) is 1.73. The number of hydrogen-bond acceptors (Lipinski definition) is 5. The molecule has 0 saturated carbocycles. The quantitative estimate of drug-likeness (QED) is 0.457. The van der Waals surface area contributed by atoms with Crippen LogP contribution in [0.15, 0.2) is 0 Å². The fourth-order valence-electron chi connectivity index (χ4n) is 0.513. The molecule has 0 radical (unpaired) electrons. The summed E-state index contributed by atoms with van der Waals surface area (Å²) in [5.41, 5.74) is 0. The van der Waals surface area contributed by atoms with Crippen molar-refractivity contribution in [3.63, 3.8) is 0 Å². The van der Waals surface area contributed by atoms with E-state index < -0.39 is 5.97 Å². The zero-order valence-electron chi connectivity index (χ0n) is 7.07. The molecule has 0 aliphatic heterocycles. The van der Waals surface area contributed by atoms with Crippen LogP contribution in [0.2, 0.25) is 0 Å². The standard InChI is InChI=1S/C7H11NO4/c1-6(5-8)3-4-7(9)11-12-10-2/h6H,3-4H2,1-2H3. The first kappa shape index (κ1) is 10.9. The summed E-state index contributed by atoms with van der Waals surface area (Å²) >= 11 is 0. The van der Waals surface area contributed by atoms with Crippen LogP contribution in [-0.2, 0) is 19.6 Å². The van der Waals surface area contributed by atoms with E-state index in [9.17, 15) is 4.79 Å². The lowest BCUT2D eigenvalue weighted by atomic mass is 10.1. The van der Waals surface area contributed by atoms with Crippen LogP contribution in [-0.4, -0.2) is 13.1 Å². The van der Waals surface area contributed by atoms with E-state index in [1.807, 2.05) is 6.07 Å². The zero-order valence-corrected chi connectivity index (χ0v) is 7.07. The molecule has 0 heterocycles. The van der Waals surface area contributed by atoms with Crippen molar-refractivity contribution in [2.45, 2.75) is 19.8 Å². The predicted octanol–water partition coefficient (Wildman–Crippen LogP) is 0.962. The fraction of sp³-hybridized carbons (Fsp3) is 0.714. The second-order valence-electron chi connectivity index (χ2n) is 2.26. The Kier molecular flexibility index (Phi) is 5.97. The van der Waals surface area contributed by atoms with E-state index in [2.05, 4.69) is 14.8 Å². The Bertz CT molecular complexity index is 175. The molecule has 5 nitrogen and oxygen atoms in total. The molecule has 0 amide bonds. The van der Waals surface area contributed by atoms with Crippen molar-refractivity contribution in [1.29, 1.82) is 5.26 Å². The third-order valence-corrected chi connectivity index (χ3v) is 1.20. The summed E-state index contributed by atoms with van der Waals surface area (Å²) in [6, 6.07) is 2.00. The molecule has 1 atom stereocenters. The Morgan fingerprint density at radius 1 is 1.67 bits per heavy atom. The van der Waals surface area contributed by atoms with Crippen LogP contribution in [0.4, 0.5) is 0 Å². The van der Waals surface area contributed by atoms with E-state index in [1.165, 1.54) is 7.11 Å². The molecule has 0 fully saturated rings. The van der Waals surface area contributed by atoms with Gasteiger partial charge in [0.1, 0.15) is 0 Å². The minimum absolute atomic E-state index is 0.151. The first-order chi connectivity index (χ1) is 5.70. The van der Waals surface area contributed by atoms with Gasteiger partial charge in [0, 0.05) is 5.92 Å². The number of rotatable bonds is 5. The highest BCUT2D eigenvalue weighted by Gasteiger charge is 2.07. The zero-order chi connectivity index (χ0) is 9.40. The summed E-state index contributed by atoms with van der Waals surface area (Å²) in [6.07, 6.45) is 0.612. The van der Waals surface area contributed by atoms with Crippen LogP contribution in [0, 0.1) is 17.2 Å². The van der Waals surface area contributed by atoms with Gasteiger partial charge in [0.25, 0.3) is 0 Å². The second-order valence-corrected chi connectivity index (χ2v) is 2.26. The minimum Gasteiger partial charge on any atom is -0.269 e. The molecule has 12 heavy (non-hydrogen) atoms.